The van der Waals surface area contributed by atoms with Gasteiger partial charge >= 0.3 is 14.0 Å². The molecule has 0 aliphatic heterocycles. The molecule has 1 aromatic carbocycles. The molecule has 8 nitrogen and oxygen atoms in total. The maximum Gasteiger partial charge on any atom is 0.382 e. The number of aryl methyl sites for hydroxylation is 1. The van der Waals surface area contributed by atoms with Crippen molar-refractivity contribution < 1.29 is 14.3 Å². The first kappa shape index (κ1) is 13.9. The van der Waals surface area contributed by atoms with Crippen LogP contribution in [0.2, 0.25) is 0 Å². The Morgan fingerprint density at radius 1 is 1.41 bits per heavy atom. The van der Waals surface area contributed by atoms with Crippen LogP contribution in [0.25, 0.3) is 11.0 Å². The molecule has 0 unspecified atom stereocenters. The van der Waals surface area contributed by atoms with Crippen molar-refractivity contribution in [3.05, 3.63) is 42.2 Å². The van der Waals surface area contributed by atoms with Gasteiger partial charge in [0, 0.05) is 13.2 Å². The topological polar surface area (TPSA) is 83.5 Å². The van der Waals surface area contributed by atoms with Gasteiger partial charge in [-0.2, -0.15) is 0 Å². The monoisotopic (exact) mass is 295 g/mol. The summed E-state index contributed by atoms with van der Waals surface area (Å²) in [4.78, 5) is 22.4. The maximum atomic E-state index is 12.2. The number of aromatic nitrogens is 4. The van der Waals surface area contributed by atoms with Crippen LogP contribution < -0.4 is 4.84 Å². The molecule has 0 atom stereocenters. The van der Waals surface area contributed by atoms with Crippen LogP contribution in [0.3, 0.4) is 0 Å². The van der Waals surface area contributed by atoms with Crippen LogP contribution in [0, 0.1) is 0 Å². The van der Waals surface area contributed by atoms with Crippen molar-refractivity contribution in [1.82, 2.24) is 19.7 Å². The van der Waals surface area contributed by atoms with Crippen molar-refractivity contribution in [2.24, 2.45) is 12.0 Å². The number of carbonyl (C=O) groups excluding carboxylic acids is 1. The predicted molar refractivity (Wildman–Crippen MR) is 78.8 cm³/mol. The number of para-hydroxylation sites is 1. The smallest absolute Gasteiger partial charge is 0.382 e. The number of nitrogens with zero attached hydrogens (tertiary/aromatic N) is 5. The summed E-state index contributed by atoms with van der Waals surface area (Å²) in [5.41, 5.74) is 2.03. The Labute approximate surface area is 126 Å². The molecule has 108 valence electrons. The highest BCUT2D eigenvalue weighted by molar-refractivity contribution is 6.02. The van der Waals surface area contributed by atoms with Crippen LogP contribution >= 0.6 is 0 Å². The molecule has 0 aliphatic rings. The lowest BCUT2D eigenvalue weighted by Gasteiger charge is -2.03. The van der Waals surface area contributed by atoms with Crippen LogP contribution in [0.1, 0.15) is 10.5 Å². The Morgan fingerprint density at radius 2 is 2.23 bits per heavy atom. The molecule has 2 heterocycles. The van der Waals surface area contributed by atoms with Gasteiger partial charge in [-0.3, -0.25) is 0 Å². The Bertz CT molecular complexity index is 854. The molecular weight excluding hydrogens is 285 g/mol. The van der Waals surface area contributed by atoms with E-state index in [2.05, 4.69) is 20.0 Å². The summed E-state index contributed by atoms with van der Waals surface area (Å²) in [6, 6.07) is 8.69. The summed E-state index contributed by atoms with van der Waals surface area (Å²) < 4.78 is 5.82. The maximum absolute atomic E-state index is 12.2. The molecule has 0 aliphatic carbocycles. The molecular formula is C13H10BN5O3. The van der Waals surface area contributed by atoms with Crippen LogP contribution in [0.15, 0.2) is 41.5 Å². The lowest BCUT2D eigenvalue weighted by atomic mass is 10.3. The highest BCUT2D eigenvalue weighted by atomic mass is 16.7. The van der Waals surface area contributed by atoms with Gasteiger partial charge in [-0.15, -0.1) is 5.10 Å². The van der Waals surface area contributed by atoms with E-state index in [9.17, 15) is 4.79 Å². The Hall–Kier alpha value is -3.10. The summed E-state index contributed by atoms with van der Waals surface area (Å²) in [6.07, 6.45) is 2.70. The third kappa shape index (κ3) is 2.56. The van der Waals surface area contributed by atoms with Crippen molar-refractivity contribution >= 4 is 37.1 Å². The zero-order valence-corrected chi connectivity index (χ0v) is 11.6. The third-order valence-electron chi connectivity index (χ3n) is 2.95. The molecule has 3 rings (SSSR count). The Morgan fingerprint density at radius 3 is 3.05 bits per heavy atom. The van der Waals surface area contributed by atoms with Crippen molar-refractivity contribution in [3.63, 3.8) is 0 Å². The summed E-state index contributed by atoms with van der Waals surface area (Å²) >= 11 is 0. The first-order valence-corrected chi connectivity index (χ1v) is 6.26. The van der Waals surface area contributed by atoms with Crippen LogP contribution in [-0.2, 0) is 11.7 Å². The van der Waals surface area contributed by atoms with E-state index < -0.39 is 5.97 Å². The van der Waals surface area contributed by atoms with Gasteiger partial charge in [-0.05, 0) is 23.4 Å². The van der Waals surface area contributed by atoms with Gasteiger partial charge in [-0.25, -0.2) is 9.79 Å². The molecule has 0 amide bonds. The van der Waals surface area contributed by atoms with Crippen molar-refractivity contribution in [2.45, 2.75) is 0 Å². The summed E-state index contributed by atoms with van der Waals surface area (Å²) in [5, 5.41) is 7.70. The minimum atomic E-state index is -0.590. The summed E-state index contributed by atoms with van der Waals surface area (Å²) in [6.45, 7) is 0. The fourth-order valence-corrected chi connectivity index (χ4v) is 1.95. The van der Waals surface area contributed by atoms with E-state index in [0.29, 0.717) is 22.4 Å². The second-order valence-corrected chi connectivity index (χ2v) is 4.39. The molecule has 0 saturated carbocycles. The van der Waals surface area contributed by atoms with Crippen LogP contribution in [0.5, 0.6) is 0 Å². The predicted octanol–water partition coefficient (Wildman–Crippen LogP) is 0.799. The van der Waals surface area contributed by atoms with Gasteiger partial charge in [0.15, 0.2) is 6.40 Å². The SMILES string of the molecule is [B]OC=Nc1cc(C(=O)On2nnc3ccccc32)n(C)c1. The number of fused-ring (bicyclic) bond motifs is 1. The molecule has 9 heteroatoms. The molecule has 2 radical (unpaired) electrons. The highest BCUT2D eigenvalue weighted by Crippen LogP contribution is 2.16. The fourth-order valence-electron chi connectivity index (χ4n) is 1.95. The quantitative estimate of drug-likeness (QED) is 0.308. The van der Waals surface area contributed by atoms with Gasteiger partial charge < -0.3 is 14.1 Å². The third-order valence-corrected chi connectivity index (χ3v) is 2.95. The highest BCUT2D eigenvalue weighted by Gasteiger charge is 2.16. The van der Waals surface area contributed by atoms with Gasteiger partial charge in [0.1, 0.15) is 16.7 Å². The van der Waals surface area contributed by atoms with Gasteiger partial charge in [0.2, 0.25) is 0 Å². The van der Waals surface area contributed by atoms with E-state index >= 15 is 0 Å². The van der Waals surface area contributed by atoms with E-state index in [1.165, 1.54) is 6.07 Å². The Kier molecular flexibility index (Phi) is 3.61. The number of hydrogen-bond donors (Lipinski definition) is 0. The fraction of sp³-hybridized carbons (Fsp3) is 0.0769. The lowest BCUT2D eigenvalue weighted by molar-refractivity contribution is 0.0398. The van der Waals surface area contributed by atoms with E-state index in [4.69, 9.17) is 12.9 Å². The van der Waals surface area contributed by atoms with E-state index in [1.807, 2.05) is 6.07 Å². The molecule has 0 saturated heterocycles. The lowest BCUT2D eigenvalue weighted by Crippen LogP contribution is -2.22. The van der Waals surface area contributed by atoms with Gasteiger partial charge in [-0.1, -0.05) is 17.0 Å². The summed E-state index contributed by atoms with van der Waals surface area (Å²) in [7, 11) is 6.55. The largest absolute Gasteiger partial charge is 0.560 e. The molecule has 22 heavy (non-hydrogen) atoms. The average molecular weight is 295 g/mol. The second-order valence-electron chi connectivity index (χ2n) is 4.39. The van der Waals surface area contributed by atoms with E-state index in [1.54, 1.807) is 36.0 Å². The second kappa shape index (κ2) is 5.72. The van der Waals surface area contributed by atoms with Gasteiger partial charge in [0.05, 0.1) is 5.69 Å². The minimum absolute atomic E-state index is 0.295. The van der Waals surface area contributed by atoms with Gasteiger partial charge in [0.25, 0.3) is 0 Å². The molecule has 0 bridgehead atoms. The molecule has 2 aromatic heterocycles. The average Bonchev–Trinajstić information content (AvgIpc) is 3.09. The molecule has 0 N–H and O–H groups in total. The van der Waals surface area contributed by atoms with E-state index in [0.717, 1.165) is 11.2 Å². The van der Waals surface area contributed by atoms with Crippen LogP contribution in [-0.4, -0.2) is 40.1 Å². The first-order chi connectivity index (χ1) is 10.7. The number of rotatable bonds is 4. The first-order valence-electron chi connectivity index (χ1n) is 6.26. The van der Waals surface area contributed by atoms with Crippen molar-refractivity contribution in [2.75, 3.05) is 0 Å². The molecule has 3 aromatic rings. The molecule has 0 spiro atoms. The zero-order valence-electron chi connectivity index (χ0n) is 11.6. The zero-order chi connectivity index (χ0) is 15.5. The van der Waals surface area contributed by atoms with E-state index in [-0.39, 0.29) is 0 Å². The normalized spacial score (nSPS) is 11.1. The van der Waals surface area contributed by atoms with Crippen LogP contribution in [0.4, 0.5) is 5.69 Å². The number of aliphatic imine (C=N–C) groups is 1. The number of benzene rings is 1. The Balaban J connectivity index is 1.85. The number of carbonyl (C=O) groups is 1. The molecule has 0 fully saturated rings. The minimum Gasteiger partial charge on any atom is -0.560 e. The van der Waals surface area contributed by atoms with Crippen molar-refractivity contribution in [3.8, 4) is 0 Å². The number of hydrogen-bond acceptors (Lipinski definition) is 6. The van der Waals surface area contributed by atoms with Crippen molar-refractivity contribution in [1.29, 1.82) is 0 Å². The standard InChI is InChI=1S/C13H10BN5O3/c1-18-7-9(15-8-21-14)6-12(18)13(20)22-19-11-5-3-2-4-10(11)16-17-19/h2-8H,1H3. The summed E-state index contributed by atoms with van der Waals surface area (Å²) in [5.74, 6) is -0.590.